The highest BCUT2D eigenvalue weighted by Crippen LogP contribution is 2.31. The lowest BCUT2D eigenvalue weighted by Crippen LogP contribution is -2.16. The maximum absolute atomic E-state index is 13.1. The van der Waals surface area contributed by atoms with Crippen molar-refractivity contribution < 1.29 is 9.59 Å². The second-order valence-electron chi connectivity index (χ2n) is 9.30. The number of aromatic nitrogens is 1. The number of carbonyl (C=O) groups excluding carboxylic acids is 2. The molecule has 5 rings (SSSR count). The fourth-order valence-electron chi connectivity index (χ4n) is 5.23. The van der Waals surface area contributed by atoms with E-state index in [0.717, 1.165) is 37.8 Å². The van der Waals surface area contributed by atoms with Crippen LogP contribution in [0.5, 0.6) is 0 Å². The van der Waals surface area contributed by atoms with Crippen molar-refractivity contribution in [1.82, 2.24) is 4.57 Å². The first-order chi connectivity index (χ1) is 17.2. The fourth-order valence-corrected chi connectivity index (χ4v) is 5.23. The lowest BCUT2D eigenvalue weighted by atomic mass is 9.98. The van der Waals surface area contributed by atoms with Crippen LogP contribution in [0.15, 0.2) is 84.0 Å². The van der Waals surface area contributed by atoms with E-state index >= 15 is 0 Å². The van der Waals surface area contributed by atoms with E-state index < -0.39 is 0 Å². The van der Waals surface area contributed by atoms with E-state index in [2.05, 4.69) is 60.9 Å². The van der Waals surface area contributed by atoms with Crippen LogP contribution in [0.25, 0.3) is 27.8 Å². The molecule has 0 radical (unpaired) electrons. The van der Waals surface area contributed by atoms with Crippen molar-refractivity contribution in [3.63, 3.8) is 0 Å². The highest BCUT2D eigenvalue weighted by Gasteiger charge is 2.34. The standard InChI is InChI=1S/C32H31NO2/c1-3-5-12-23(30-31(34)24-16-7-8-17-25(24)32(30)35)15-10-19-27-26-18-9-13-22-14-11-20-28(29(22)26)33(27)21-6-4-2/h7-11,13-20H,3-6,12,21H2,1-2H3/b15-10+,27-19+. The number of allylic oxidation sites excluding steroid dienone is 4. The zero-order valence-electron chi connectivity index (χ0n) is 20.5. The third-order valence-corrected chi connectivity index (χ3v) is 7.02. The molecule has 3 nitrogen and oxygen atoms in total. The van der Waals surface area contributed by atoms with Crippen molar-refractivity contribution in [3.05, 3.63) is 100 Å². The smallest absolute Gasteiger partial charge is 0.197 e. The summed E-state index contributed by atoms with van der Waals surface area (Å²) in [7, 11) is 0. The highest BCUT2D eigenvalue weighted by atomic mass is 16.2. The molecule has 3 heteroatoms. The minimum absolute atomic E-state index is 0.142. The Labute approximate surface area is 206 Å². The minimum Gasteiger partial charge on any atom is -0.340 e. The topological polar surface area (TPSA) is 39.1 Å². The Balaban J connectivity index is 1.64. The largest absolute Gasteiger partial charge is 0.340 e. The van der Waals surface area contributed by atoms with Crippen molar-refractivity contribution >= 4 is 39.3 Å². The van der Waals surface area contributed by atoms with Crippen molar-refractivity contribution in [2.75, 3.05) is 0 Å². The average Bonchev–Trinajstić information content (AvgIpc) is 3.33. The number of carbonyl (C=O) groups is 2. The quantitative estimate of drug-likeness (QED) is 0.205. The van der Waals surface area contributed by atoms with Gasteiger partial charge in [-0.15, -0.1) is 0 Å². The van der Waals surface area contributed by atoms with Crippen molar-refractivity contribution in [2.45, 2.75) is 52.5 Å². The molecule has 176 valence electrons. The average molecular weight is 462 g/mol. The molecule has 0 saturated carbocycles. The van der Waals surface area contributed by atoms with Gasteiger partial charge in [0.15, 0.2) is 11.6 Å². The van der Waals surface area contributed by atoms with Gasteiger partial charge in [0, 0.05) is 39.3 Å². The van der Waals surface area contributed by atoms with Gasteiger partial charge in [-0.25, -0.2) is 0 Å². The van der Waals surface area contributed by atoms with Gasteiger partial charge in [-0.05, 0) is 42.4 Å². The predicted molar refractivity (Wildman–Crippen MR) is 145 cm³/mol. The molecule has 3 aromatic carbocycles. The van der Waals surface area contributed by atoms with Gasteiger partial charge in [0.25, 0.3) is 0 Å². The number of rotatable bonds is 8. The third kappa shape index (κ3) is 4.05. The number of fused-ring (bicyclic) bond motifs is 1. The van der Waals surface area contributed by atoms with E-state index in [1.54, 1.807) is 12.1 Å². The molecule has 35 heavy (non-hydrogen) atoms. The summed E-state index contributed by atoms with van der Waals surface area (Å²) in [5.41, 5.74) is 3.49. The Kier molecular flexibility index (Phi) is 6.50. The summed E-state index contributed by atoms with van der Waals surface area (Å²) in [5, 5.41) is 4.96. The Hall–Kier alpha value is -3.72. The van der Waals surface area contributed by atoms with E-state index in [1.165, 1.54) is 27.0 Å². The van der Waals surface area contributed by atoms with Crippen LogP contribution in [-0.2, 0) is 6.54 Å². The lowest BCUT2D eigenvalue weighted by molar-refractivity contribution is 0.0987. The molecule has 1 aliphatic carbocycles. The molecule has 4 aromatic rings. The SMILES string of the molecule is CCCCC(/C=C/C=c1\c2cccc3cccc(c32)n1CCCC)=C1C(=O)c2ccccc2C1=O. The summed E-state index contributed by atoms with van der Waals surface area (Å²) in [4.78, 5) is 26.3. The minimum atomic E-state index is -0.142. The number of Topliss-reactive ketones (excluding diaryl/α,β-unsaturated/α-hetero) is 2. The van der Waals surface area contributed by atoms with E-state index in [9.17, 15) is 9.59 Å². The van der Waals surface area contributed by atoms with Crippen LogP contribution in [0.2, 0.25) is 0 Å². The normalized spacial score (nSPS) is 14.2. The van der Waals surface area contributed by atoms with Gasteiger partial charge in [0.05, 0.1) is 5.57 Å². The molecule has 1 aliphatic rings. The van der Waals surface area contributed by atoms with Crippen LogP contribution in [0.4, 0.5) is 0 Å². The molecule has 0 atom stereocenters. The summed E-state index contributed by atoms with van der Waals surface area (Å²) >= 11 is 0. The first-order valence-corrected chi connectivity index (χ1v) is 12.7. The van der Waals surface area contributed by atoms with Gasteiger partial charge >= 0.3 is 0 Å². The number of unbranched alkanes of at least 4 members (excludes halogenated alkanes) is 2. The second kappa shape index (κ2) is 9.87. The van der Waals surface area contributed by atoms with Gasteiger partial charge in [-0.2, -0.15) is 0 Å². The predicted octanol–water partition coefficient (Wildman–Crippen LogP) is 7.22. The molecular formula is C32H31NO2. The highest BCUT2D eigenvalue weighted by molar-refractivity contribution is 6.40. The first-order valence-electron chi connectivity index (χ1n) is 12.7. The van der Waals surface area contributed by atoms with E-state index in [4.69, 9.17) is 0 Å². The number of ketones is 2. The first kappa shape index (κ1) is 23.0. The molecule has 1 heterocycles. The fraction of sp³-hybridized carbons (Fsp3) is 0.250. The van der Waals surface area contributed by atoms with E-state index in [0.29, 0.717) is 23.1 Å². The van der Waals surface area contributed by atoms with Gasteiger partial charge in [-0.3, -0.25) is 9.59 Å². The number of hydrogen-bond donors (Lipinski definition) is 0. The summed E-state index contributed by atoms with van der Waals surface area (Å²) < 4.78 is 2.41. The summed E-state index contributed by atoms with van der Waals surface area (Å²) in [6, 6.07) is 20.1. The zero-order chi connectivity index (χ0) is 24.4. The Morgan fingerprint density at radius 2 is 1.51 bits per heavy atom. The summed E-state index contributed by atoms with van der Waals surface area (Å²) in [6.07, 6.45) is 11.1. The van der Waals surface area contributed by atoms with Crippen LogP contribution in [0.3, 0.4) is 0 Å². The molecule has 0 spiro atoms. The summed E-state index contributed by atoms with van der Waals surface area (Å²) in [5.74, 6) is -0.284. The van der Waals surface area contributed by atoms with Crippen LogP contribution in [0.1, 0.15) is 66.7 Å². The van der Waals surface area contributed by atoms with Gasteiger partial charge in [0.1, 0.15) is 0 Å². The number of hydrogen-bond acceptors (Lipinski definition) is 2. The Morgan fingerprint density at radius 3 is 2.20 bits per heavy atom. The Morgan fingerprint density at radius 1 is 0.829 bits per heavy atom. The van der Waals surface area contributed by atoms with Gasteiger partial charge in [-0.1, -0.05) is 93.4 Å². The molecule has 0 aliphatic heterocycles. The van der Waals surface area contributed by atoms with Crippen molar-refractivity contribution in [3.8, 4) is 0 Å². The molecule has 0 fully saturated rings. The summed E-state index contributed by atoms with van der Waals surface area (Å²) in [6.45, 7) is 5.30. The second-order valence-corrected chi connectivity index (χ2v) is 9.30. The van der Waals surface area contributed by atoms with E-state index in [-0.39, 0.29) is 11.6 Å². The number of nitrogens with zero attached hydrogens (tertiary/aromatic N) is 1. The van der Waals surface area contributed by atoms with Crippen molar-refractivity contribution in [2.24, 2.45) is 0 Å². The van der Waals surface area contributed by atoms with E-state index in [1.807, 2.05) is 24.3 Å². The molecule has 0 amide bonds. The molecule has 0 N–H and O–H groups in total. The molecule has 0 saturated heterocycles. The Bertz CT molecular complexity index is 1500. The van der Waals surface area contributed by atoms with Crippen LogP contribution in [-0.4, -0.2) is 16.1 Å². The maximum Gasteiger partial charge on any atom is 0.197 e. The zero-order valence-corrected chi connectivity index (χ0v) is 20.5. The maximum atomic E-state index is 13.1. The number of benzene rings is 3. The molecular weight excluding hydrogens is 430 g/mol. The lowest BCUT2D eigenvalue weighted by Gasteiger charge is -2.06. The third-order valence-electron chi connectivity index (χ3n) is 7.02. The number of aryl methyl sites for hydroxylation is 1. The monoisotopic (exact) mass is 461 g/mol. The molecule has 1 aromatic heterocycles. The van der Waals surface area contributed by atoms with Gasteiger partial charge < -0.3 is 4.57 Å². The molecule has 0 unspecified atom stereocenters. The van der Waals surface area contributed by atoms with Crippen LogP contribution < -0.4 is 5.35 Å². The van der Waals surface area contributed by atoms with Crippen LogP contribution >= 0.6 is 0 Å². The van der Waals surface area contributed by atoms with Crippen molar-refractivity contribution in [1.29, 1.82) is 0 Å². The van der Waals surface area contributed by atoms with Crippen LogP contribution in [0, 0.1) is 0 Å². The molecule has 0 bridgehead atoms. The van der Waals surface area contributed by atoms with Gasteiger partial charge in [0.2, 0.25) is 0 Å².